The van der Waals surface area contributed by atoms with Crippen molar-refractivity contribution in [2.24, 2.45) is 0 Å². The van der Waals surface area contributed by atoms with Gasteiger partial charge in [0.15, 0.2) is 6.07 Å². The van der Waals surface area contributed by atoms with Crippen molar-refractivity contribution in [3.05, 3.63) is 35.9 Å². The third-order valence-corrected chi connectivity index (χ3v) is 1.58. The first-order valence-corrected chi connectivity index (χ1v) is 4.32. The molecule has 0 aliphatic heterocycles. The second-order valence-corrected chi connectivity index (χ2v) is 2.51. The van der Waals surface area contributed by atoms with Crippen molar-refractivity contribution in [1.29, 1.82) is 0 Å². The van der Waals surface area contributed by atoms with Gasteiger partial charge in [0.25, 0.3) is 0 Å². The first kappa shape index (κ1) is 9.14. The molecular formula is C10H11ClO. The normalized spacial score (nSPS) is 10.5. The number of ether oxygens (including phenoxy) is 1. The number of alkyl halides is 1. The fraction of sp³-hybridized carbons (Fsp3) is 0.200. The second kappa shape index (κ2) is 4.83. The summed E-state index contributed by atoms with van der Waals surface area (Å²) in [6.07, 6.45) is 3.96. The van der Waals surface area contributed by atoms with Crippen LogP contribution in [0.1, 0.15) is 12.5 Å². The van der Waals surface area contributed by atoms with Gasteiger partial charge < -0.3 is 4.74 Å². The lowest BCUT2D eigenvalue weighted by atomic mass is 10.2. The number of rotatable bonds is 3. The highest BCUT2D eigenvalue weighted by Gasteiger charge is 1.96. The molecule has 0 fully saturated rings. The van der Waals surface area contributed by atoms with Crippen LogP contribution in [0, 0.1) is 0 Å². The maximum absolute atomic E-state index is 5.46. The SMILES string of the molecule is CC=Cc1ccccc1OCCl. The van der Waals surface area contributed by atoms with Crippen molar-refractivity contribution in [3.8, 4) is 5.75 Å². The molecule has 0 aliphatic carbocycles. The fourth-order valence-electron chi connectivity index (χ4n) is 0.988. The molecule has 0 N–H and O–H groups in total. The highest BCUT2D eigenvalue weighted by molar-refractivity contribution is 6.17. The van der Waals surface area contributed by atoms with Crippen molar-refractivity contribution in [2.45, 2.75) is 6.92 Å². The number of halogens is 1. The molecule has 0 atom stereocenters. The predicted molar refractivity (Wildman–Crippen MR) is 52.5 cm³/mol. The van der Waals surface area contributed by atoms with Gasteiger partial charge in [0.2, 0.25) is 0 Å². The minimum atomic E-state index is 0.189. The Morgan fingerprint density at radius 2 is 2.17 bits per heavy atom. The molecule has 1 rings (SSSR count). The van der Waals surface area contributed by atoms with Gasteiger partial charge in [-0.2, -0.15) is 0 Å². The van der Waals surface area contributed by atoms with Gasteiger partial charge >= 0.3 is 0 Å². The highest BCUT2D eigenvalue weighted by Crippen LogP contribution is 2.19. The molecule has 0 radical (unpaired) electrons. The number of benzene rings is 1. The summed E-state index contributed by atoms with van der Waals surface area (Å²) < 4.78 is 5.20. The van der Waals surface area contributed by atoms with Crippen LogP contribution in [0.2, 0.25) is 0 Å². The molecule has 0 aliphatic rings. The van der Waals surface area contributed by atoms with E-state index < -0.39 is 0 Å². The van der Waals surface area contributed by atoms with Crippen LogP contribution in [-0.4, -0.2) is 6.07 Å². The van der Waals surface area contributed by atoms with E-state index >= 15 is 0 Å². The van der Waals surface area contributed by atoms with Crippen LogP contribution in [0.25, 0.3) is 6.08 Å². The zero-order valence-corrected chi connectivity index (χ0v) is 7.71. The summed E-state index contributed by atoms with van der Waals surface area (Å²) in [5.41, 5.74) is 1.06. The van der Waals surface area contributed by atoms with E-state index in [1.54, 1.807) is 0 Å². The quantitative estimate of drug-likeness (QED) is 0.652. The standard InChI is InChI=1S/C10H11ClO/c1-2-5-9-6-3-4-7-10(9)12-8-11/h2-7H,8H2,1H3. The van der Waals surface area contributed by atoms with Crippen LogP contribution in [0.3, 0.4) is 0 Å². The van der Waals surface area contributed by atoms with Crippen LogP contribution >= 0.6 is 11.6 Å². The molecule has 0 aromatic heterocycles. The minimum Gasteiger partial charge on any atom is -0.477 e. The molecule has 64 valence electrons. The summed E-state index contributed by atoms with van der Waals surface area (Å²) in [5.74, 6) is 0.825. The van der Waals surface area contributed by atoms with Gasteiger partial charge in [0.1, 0.15) is 5.75 Å². The second-order valence-electron chi connectivity index (χ2n) is 2.29. The third kappa shape index (κ3) is 2.28. The van der Waals surface area contributed by atoms with Crippen LogP contribution in [-0.2, 0) is 0 Å². The van der Waals surface area contributed by atoms with Crippen molar-refractivity contribution < 1.29 is 4.74 Å². The summed E-state index contributed by atoms with van der Waals surface area (Å²) in [6.45, 7) is 1.97. The molecular weight excluding hydrogens is 172 g/mol. The summed E-state index contributed by atoms with van der Waals surface area (Å²) in [4.78, 5) is 0. The van der Waals surface area contributed by atoms with Crippen LogP contribution in [0.15, 0.2) is 30.3 Å². The average Bonchev–Trinajstić information content (AvgIpc) is 2.09. The lowest BCUT2D eigenvalue weighted by Gasteiger charge is -2.04. The Hall–Kier alpha value is -0.950. The molecule has 2 heteroatoms. The highest BCUT2D eigenvalue weighted by atomic mass is 35.5. The Labute approximate surface area is 77.6 Å². The Balaban J connectivity index is 2.91. The van der Waals surface area contributed by atoms with Crippen molar-refractivity contribution >= 4 is 17.7 Å². The van der Waals surface area contributed by atoms with E-state index in [9.17, 15) is 0 Å². The van der Waals surface area contributed by atoms with Crippen molar-refractivity contribution in [2.75, 3.05) is 6.07 Å². The largest absolute Gasteiger partial charge is 0.477 e. The van der Waals surface area contributed by atoms with Gasteiger partial charge in [-0.3, -0.25) is 0 Å². The van der Waals surface area contributed by atoms with Crippen LogP contribution < -0.4 is 4.74 Å². The lowest BCUT2D eigenvalue weighted by molar-refractivity contribution is 0.387. The van der Waals surface area contributed by atoms with Crippen LogP contribution in [0.5, 0.6) is 5.75 Å². The Bertz CT molecular complexity index is 268. The summed E-state index contributed by atoms with van der Waals surface area (Å²) in [7, 11) is 0. The molecule has 0 spiro atoms. The summed E-state index contributed by atoms with van der Waals surface area (Å²) in [6, 6.07) is 7.97. The van der Waals surface area contributed by atoms with Crippen LogP contribution in [0.4, 0.5) is 0 Å². The maximum atomic E-state index is 5.46. The molecule has 0 saturated carbocycles. The number of allylic oxidation sites excluding steroid dienone is 1. The minimum absolute atomic E-state index is 0.189. The number of hydrogen-bond donors (Lipinski definition) is 0. The van der Waals surface area contributed by atoms with Gasteiger partial charge in [-0.15, -0.1) is 0 Å². The van der Waals surface area contributed by atoms with E-state index in [4.69, 9.17) is 16.3 Å². The maximum Gasteiger partial charge on any atom is 0.162 e. The zero-order valence-electron chi connectivity index (χ0n) is 6.96. The Morgan fingerprint density at radius 1 is 1.42 bits per heavy atom. The third-order valence-electron chi connectivity index (χ3n) is 1.48. The van der Waals surface area contributed by atoms with E-state index in [2.05, 4.69) is 0 Å². The Morgan fingerprint density at radius 3 is 2.83 bits per heavy atom. The van der Waals surface area contributed by atoms with E-state index in [0.29, 0.717) is 0 Å². The molecule has 1 aromatic rings. The predicted octanol–water partition coefficient (Wildman–Crippen LogP) is 3.29. The molecule has 0 saturated heterocycles. The van der Waals surface area contributed by atoms with E-state index in [1.165, 1.54) is 0 Å². The van der Waals surface area contributed by atoms with Gasteiger partial charge in [-0.05, 0) is 13.0 Å². The van der Waals surface area contributed by atoms with Crippen molar-refractivity contribution in [1.82, 2.24) is 0 Å². The molecule has 0 amide bonds. The van der Waals surface area contributed by atoms with E-state index in [-0.39, 0.29) is 6.07 Å². The van der Waals surface area contributed by atoms with Gasteiger partial charge in [-0.1, -0.05) is 42.0 Å². The number of hydrogen-bond acceptors (Lipinski definition) is 1. The summed E-state index contributed by atoms with van der Waals surface area (Å²) >= 11 is 5.46. The molecule has 0 heterocycles. The van der Waals surface area contributed by atoms with Crippen molar-refractivity contribution in [3.63, 3.8) is 0 Å². The average molecular weight is 183 g/mol. The van der Waals surface area contributed by atoms with Gasteiger partial charge in [0, 0.05) is 5.56 Å². The first-order chi connectivity index (χ1) is 5.88. The number of para-hydroxylation sites is 1. The molecule has 0 bridgehead atoms. The Kier molecular flexibility index (Phi) is 3.68. The van der Waals surface area contributed by atoms with E-state index in [0.717, 1.165) is 11.3 Å². The van der Waals surface area contributed by atoms with Gasteiger partial charge in [-0.25, -0.2) is 0 Å². The first-order valence-electron chi connectivity index (χ1n) is 3.79. The molecule has 12 heavy (non-hydrogen) atoms. The molecule has 1 aromatic carbocycles. The smallest absolute Gasteiger partial charge is 0.162 e. The zero-order chi connectivity index (χ0) is 8.81. The lowest BCUT2D eigenvalue weighted by Crippen LogP contribution is -1.90. The fourth-order valence-corrected chi connectivity index (χ4v) is 1.11. The topological polar surface area (TPSA) is 9.23 Å². The van der Waals surface area contributed by atoms with Gasteiger partial charge in [0.05, 0.1) is 0 Å². The molecule has 1 nitrogen and oxygen atoms in total. The monoisotopic (exact) mass is 182 g/mol. The van der Waals surface area contributed by atoms with E-state index in [1.807, 2.05) is 43.3 Å². The molecule has 0 unspecified atom stereocenters. The summed E-state index contributed by atoms with van der Waals surface area (Å²) in [5, 5.41) is 0.